The average molecular weight is 399 g/mol. The molecule has 4 rings (SSSR count). The lowest BCUT2D eigenvalue weighted by molar-refractivity contribution is 0.0237. The van der Waals surface area contributed by atoms with Gasteiger partial charge in [0.15, 0.2) is 0 Å². The van der Waals surface area contributed by atoms with Crippen LogP contribution in [0.5, 0.6) is 5.88 Å². The summed E-state index contributed by atoms with van der Waals surface area (Å²) >= 11 is 0. The first-order valence-electron chi connectivity index (χ1n) is 9.70. The van der Waals surface area contributed by atoms with Gasteiger partial charge in [-0.3, -0.25) is 10.4 Å². The number of benzene rings is 1. The molecule has 1 aliphatic rings. The minimum Gasteiger partial charge on any atom is -0.474 e. The van der Waals surface area contributed by atoms with Crippen LogP contribution in [0.4, 0.5) is 5.69 Å². The number of rotatable bonds is 5. The van der Waals surface area contributed by atoms with Gasteiger partial charge in [0.25, 0.3) is 0 Å². The fourth-order valence-corrected chi connectivity index (χ4v) is 3.39. The highest BCUT2D eigenvalue weighted by molar-refractivity contribution is 6.15. The van der Waals surface area contributed by atoms with Crippen molar-refractivity contribution in [2.45, 2.75) is 18.9 Å². The first-order valence-corrected chi connectivity index (χ1v) is 9.70. The molecule has 7 nitrogen and oxygen atoms in total. The summed E-state index contributed by atoms with van der Waals surface area (Å²) < 4.78 is 11.5. The summed E-state index contributed by atoms with van der Waals surface area (Å²) in [6.45, 7) is 1.30. The molecule has 1 fully saturated rings. The Balaban J connectivity index is 1.67. The molecule has 30 heavy (non-hydrogen) atoms. The van der Waals surface area contributed by atoms with Crippen molar-refractivity contribution in [1.82, 2.24) is 9.97 Å². The molecule has 150 valence electrons. The van der Waals surface area contributed by atoms with Crippen LogP contribution in [0.3, 0.4) is 0 Å². The molecule has 0 radical (unpaired) electrons. The summed E-state index contributed by atoms with van der Waals surface area (Å²) in [6.07, 6.45) is 4.77. The molecule has 3 heterocycles. The van der Waals surface area contributed by atoms with E-state index >= 15 is 0 Å². The highest BCUT2D eigenvalue weighted by Crippen LogP contribution is 2.28. The highest BCUT2D eigenvalue weighted by Gasteiger charge is 2.22. The second kappa shape index (κ2) is 8.72. The number of nitrogens with one attached hydrogen (secondary N) is 1. The number of nitrogens with two attached hydrogens (primary N) is 1. The van der Waals surface area contributed by atoms with Crippen molar-refractivity contribution in [2.75, 3.05) is 18.9 Å². The quantitative estimate of drug-likeness (QED) is 0.633. The summed E-state index contributed by atoms with van der Waals surface area (Å²) in [5, 5.41) is 18.0. The van der Waals surface area contributed by atoms with Crippen LogP contribution in [0.15, 0.2) is 54.9 Å². The number of ether oxygens (including phenoxy) is 2. The topological polar surface area (TPSA) is 118 Å². The molecular weight excluding hydrogens is 378 g/mol. The van der Waals surface area contributed by atoms with Gasteiger partial charge in [-0.15, -0.1) is 0 Å². The van der Waals surface area contributed by atoms with Gasteiger partial charge < -0.3 is 15.2 Å². The van der Waals surface area contributed by atoms with Crippen molar-refractivity contribution in [3.05, 3.63) is 71.5 Å². The number of hydrogen-bond donors (Lipinski definition) is 2. The summed E-state index contributed by atoms with van der Waals surface area (Å²) in [5.74, 6) is 0.358. The minimum atomic E-state index is -0.0127. The smallest absolute Gasteiger partial charge is 0.225 e. The number of nitrogens with zero attached hydrogens (tertiary/aromatic N) is 3. The van der Waals surface area contributed by atoms with Crippen LogP contribution in [0, 0.1) is 16.7 Å². The Hall–Kier alpha value is -3.76. The third-order valence-corrected chi connectivity index (χ3v) is 4.98. The summed E-state index contributed by atoms with van der Waals surface area (Å²) in [7, 11) is 0. The van der Waals surface area contributed by atoms with E-state index in [1.165, 1.54) is 0 Å². The lowest BCUT2D eigenvalue weighted by Gasteiger charge is -2.24. The average Bonchev–Trinajstić information content (AvgIpc) is 2.80. The molecule has 0 unspecified atom stereocenters. The number of nitrogen functional groups attached to an aromatic ring is 1. The van der Waals surface area contributed by atoms with Gasteiger partial charge in [-0.25, -0.2) is 4.98 Å². The predicted molar refractivity (Wildman–Crippen MR) is 113 cm³/mol. The van der Waals surface area contributed by atoms with Crippen molar-refractivity contribution in [1.29, 1.82) is 10.7 Å². The predicted octanol–water partition coefficient (Wildman–Crippen LogP) is 3.57. The molecule has 0 bridgehead atoms. The van der Waals surface area contributed by atoms with E-state index in [0.717, 1.165) is 18.4 Å². The van der Waals surface area contributed by atoms with Crippen molar-refractivity contribution in [3.63, 3.8) is 0 Å². The van der Waals surface area contributed by atoms with E-state index in [0.29, 0.717) is 47.2 Å². The molecule has 0 atom stereocenters. The fraction of sp³-hybridized carbons (Fsp3) is 0.217. The highest BCUT2D eigenvalue weighted by atomic mass is 16.5. The number of nitriles is 1. The van der Waals surface area contributed by atoms with Crippen molar-refractivity contribution >= 4 is 11.4 Å². The van der Waals surface area contributed by atoms with Crippen LogP contribution in [0.2, 0.25) is 0 Å². The Kier molecular flexibility index (Phi) is 5.68. The molecule has 0 amide bonds. The number of anilines is 1. The van der Waals surface area contributed by atoms with Crippen LogP contribution in [0.25, 0.3) is 11.3 Å². The molecule has 0 aliphatic carbocycles. The molecule has 1 aromatic carbocycles. The Labute approximate surface area is 174 Å². The lowest BCUT2D eigenvalue weighted by Crippen LogP contribution is -2.27. The molecule has 3 N–H and O–H groups in total. The van der Waals surface area contributed by atoms with Gasteiger partial charge in [-0.05, 0) is 30.3 Å². The van der Waals surface area contributed by atoms with Gasteiger partial charge in [0.2, 0.25) is 5.88 Å². The first kappa shape index (κ1) is 19.6. The Bertz CT molecular complexity index is 1120. The maximum Gasteiger partial charge on any atom is 0.225 e. The Morgan fingerprint density at radius 1 is 1.13 bits per heavy atom. The van der Waals surface area contributed by atoms with E-state index in [1.54, 1.807) is 36.7 Å². The van der Waals surface area contributed by atoms with Gasteiger partial charge in [0.05, 0.1) is 41.8 Å². The number of pyridine rings is 2. The zero-order chi connectivity index (χ0) is 20.9. The van der Waals surface area contributed by atoms with Crippen LogP contribution in [-0.4, -0.2) is 35.0 Å². The molecule has 2 aromatic heterocycles. The van der Waals surface area contributed by atoms with Crippen molar-refractivity contribution in [3.8, 4) is 23.2 Å². The minimum absolute atomic E-state index is 0.0127. The van der Waals surface area contributed by atoms with E-state index < -0.39 is 0 Å². The van der Waals surface area contributed by atoms with Gasteiger partial charge >= 0.3 is 0 Å². The molecule has 1 aliphatic heterocycles. The van der Waals surface area contributed by atoms with Crippen molar-refractivity contribution in [2.24, 2.45) is 0 Å². The monoisotopic (exact) mass is 399 g/mol. The summed E-state index contributed by atoms with van der Waals surface area (Å²) in [5.41, 5.74) is 9.99. The second-order valence-corrected chi connectivity index (χ2v) is 7.01. The van der Waals surface area contributed by atoms with Crippen LogP contribution >= 0.6 is 0 Å². The molecule has 3 aromatic rings. The second-order valence-electron chi connectivity index (χ2n) is 7.01. The zero-order valence-corrected chi connectivity index (χ0v) is 16.3. The maximum atomic E-state index is 9.15. The van der Waals surface area contributed by atoms with Crippen molar-refractivity contribution < 1.29 is 9.47 Å². The largest absolute Gasteiger partial charge is 0.474 e. The van der Waals surface area contributed by atoms with Crippen LogP contribution < -0.4 is 10.5 Å². The molecule has 0 saturated carbocycles. The van der Waals surface area contributed by atoms with E-state index in [4.69, 9.17) is 25.9 Å². The van der Waals surface area contributed by atoms with Crippen LogP contribution in [-0.2, 0) is 4.74 Å². The van der Waals surface area contributed by atoms with Crippen LogP contribution in [0.1, 0.15) is 29.5 Å². The lowest BCUT2D eigenvalue weighted by atomic mass is 10.00. The van der Waals surface area contributed by atoms with E-state index in [2.05, 4.69) is 16.0 Å². The molecule has 7 heteroatoms. The Morgan fingerprint density at radius 2 is 1.93 bits per heavy atom. The molecular formula is C23H21N5O2. The third-order valence-electron chi connectivity index (χ3n) is 4.98. The number of hydrogen-bond acceptors (Lipinski definition) is 7. The van der Waals surface area contributed by atoms with Gasteiger partial charge in [-0.2, -0.15) is 5.26 Å². The van der Waals surface area contributed by atoms with E-state index in [-0.39, 0.29) is 11.8 Å². The molecule has 0 spiro atoms. The SMILES string of the molecule is N#Cc1cccc(-c2cc(C(=N)c3c(N)ccnc3OC3CCOCC3)ccn2)c1. The van der Waals surface area contributed by atoms with Gasteiger partial charge in [0.1, 0.15) is 6.10 Å². The number of aromatic nitrogens is 2. The van der Waals surface area contributed by atoms with E-state index in [1.807, 2.05) is 18.2 Å². The molecule has 1 saturated heterocycles. The normalized spacial score (nSPS) is 14.1. The van der Waals surface area contributed by atoms with Gasteiger partial charge in [-0.1, -0.05) is 12.1 Å². The maximum absolute atomic E-state index is 9.15. The van der Waals surface area contributed by atoms with Gasteiger partial charge in [0, 0.05) is 42.0 Å². The third kappa shape index (κ3) is 4.14. The zero-order valence-electron chi connectivity index (χ0n) is 16.3. The fourth-order valence-electron chi connectivity index (χ4n) is 3.39. The summed E-state index contributed by atoms with van der Waals surface area (Å²) in [6, 6.07) is 14.6. The standard InChI is InChI=1S/C23H21N5O2/c24-14-15-2-1-3-16(12-15)20-13-17(4-8-27-20)22(26)21-19(25)5-9-28-23(21)30-18-6-10-29-11-7-18/h1-5,8-9,12-13,18,26H,6-7,10-11H2,(H2,25,28). The van der Waals surface area contributed by atoms with E-state index in [9.17, 15) is 0 Å². The first-order chi connectivity index (χ1) is 14.7. The summed E-state index contributed by atoms with van der Waals surface area (Å²) in [4.78, 5) is 8.75. The Morgan fingerprint density at radius 3 is 2.73 bits per heavy atom.